The smallest absolute Gasteiger partial charge is 0.416 e. The van der Waals surface area contributed by atoms with Gasteiger partial charge in [-0.3, -0.25) is 0 Å². The van der Waals surface area contributed by atoms with Gasteiger partial charge in [-0.05, 0) is 48.4 Å². The first-order valence-corrected chi connectivity index (χ1v) is 6.53. The third-order valence-electron chi connectivity index (χ3n) is 2.97. The second kappa shape index (κ2) is 5.95. The molecular weight excluding hydrogens is 303 g/mol. The van der Waals surface area contributed by atoms with Gasteiger partial charge < -0.3 is 10.5 Å². The summed E-state index contributed by atoms with van der Waals surface area (Å²) in [7, 11) is 0. The van der Waals surface area contributed by atoms with E-state index in [4.69, 9.17) is 22.1 Å². The van der Waals surface area contributed by atoms with E-state index in [-0.39, 0.29) is 17.9 Å². The van der Waals surface area contributed by atoms with Crippen molar-refractivity contribution in [2.24, 2.45) is 5.73 Å². The molecule has 2 aromatic rings. The highest BCUT2D eigenvalue weighted by Crippen LogP contribution is 2.36. The maximum Gasteiger partial charge on any atom is 0.416 e. The summed E-state index contributed by atoms with van der Waals surface area (Å²) in [4.78, 5) is 0. The summed E-state index contributed by atoms with van der Waals surface area (Å²) >= 11 is 5.83. The summed E-state index contributed by atoms with van der Waals surface area (Å²) in [6, 6.07) is 8.64. The molecule has 0 spiro atoms. The molecule has 0 aliphatic rings. The maximum absolute atomic E-state index is 13.0. The van der Waals surface area contributed by atoms with Crippen molar-refractivity contribution in [1.29, 1.82) is 0 Å². The lowest BCUT2D eigenvalue weighted by Crippen LogP contribution is -2.12. The molecule has 2 nitrogen and oxygen atoms in total. The van der Waals surface area contributed by atoms with Crippen LogP contribution in [0.3, 0.4) is 0 Å². The number of hydrogen-bond donors (Lipinski definition) is 1. The molecule has 6 heteroatoms. The van der Waals surface area contributed by atoms with Crippen molar-refractivity contribution in [2.45, 2.75) is 19.6 Å². The Balaban J connectivity index is 2.37. The lowest BCUT2D eigenvalue weighted by molar-refractivity contribution is -0.138. The topological polar surface area (TPSA) is 35.2 Å². The van der Waals surface area contributed by atoms with Crippen LogP contribution in [0.25, 0.3) is 0 Å². The van der Waals surface area contributed by atoms with Crippen LogP contribution in [-0.2, 0) is 12.7 Å². The Hall–Kier alpha value is -1.72. The van der Waals surface area contributed by atoms with Crippen molar-refractivity contribution >= 4 is 11.6 Å². The second-order valence-electron chi connectivity index (χ2n) is 4.53. The fourth-order valence-corrected chi connectivity index (χ4v) is 2.14. The van der Waals surface area contributed by atoms with Gasteiger partial charge in [-0.2, -0.15) is 13.2 Å². The van der Waals surface area contributed by atoms with Gasteiger partial charge in [0.25, 0.3) is 0 Å². The number of aryl methyl sites for hydroxylation is 1. The zero-order chi connectivity index (χ0) is 15.6. The molecule has 112 valence electrons. The number of benzene rings is 2. The van der Waals surface area contributed by atoms with Gasteiger partial charge in [0.05, 0.1) is 5.56 Å². The number of ether oxygens (including phenoxy) is 1. The largest absolute Gasteiger partial charge is 0.457 e. The average molecular weight is 316 g/mol. The zero-order valence-corrected chi connectivity index (χ0v) is 11.9. The Labute approximate surface area is 125 Å². The van der Waals surface area contributed by atoms with Gasteiger partial charge in [0.15, 0.2) is 0 Å². The van der Waals surface area contributed by atoms with E-state index in [0.29, 0.717) is 10.8 Å². The summed E-state index contributed by atoms with van der Waals surface area (Å²) in [6.45, 7) is 1.58. The molecule has 0 bridgehead atoms. The number of hydrogen-bond acceptors (Lipinski definition) is 2. The lowest BCUT2D eigenvalue weighted by atomic mass is 10.1. The van der Waals surface area contributed by atoms with E-state index >= 15 is 0 Å². The molecule has 0 aromatic heterocycles. The first kappa shape index (κ1) is 15.7. The van der Waals surface area contributed by atoms with Gasteiger partial charge in [-0.1, -0.05) is 17.7 Å². The molecule has 0 radical (unpaired) electrons. The van der Waals surface area contributed by atoms with E-state index in [0.717, 1.165) is 11.6 Å². The van der Waals surface area contributed by atoms with Crippen molar-refractivity contribution in [2.75, 3.05) is 0 Å². The first-order valence-electron chi connectivity index (χ1n) is 6.15. The van der Waals surface area contributed by atoms with Crippen LogP contribution in [0.2, 0.25) is 5.02 Å². The second-order valence-corrected chi connectivity index (χ2v) is 4.97. The van der Waals surface area contributed by atoms with Gasteiger partial charge in [0, 0.05) is 11.6 Å². The molecule has 0 saturated carbocycles. The van der Waals surface area contributed by atoms with Crippen LogP contribution in [0.15, 0.2) is 36.4 Å². The molecule has 2 aromatic carbocycles. The number of nitrogens with two attached hydrogens (primary N) is 1. The highest BCUT2D eigenvalue weighted by Gasteiger charge is 2.33. The van der Waals surface area contributed by atoms with Gasteiger partial charge in [0.2, 0.25) is 0 Å². The molecule has 2 N–H and O–H groups in total. The summed E-state index contributed by atoms with van der Waals surface area (Å²) < 4.78 is 44.4. The van der Waals surface area contributed by atoms with Crippen LogP contribution in [0, 0.1) is 6.92 Å². The Bertz CT molecular complexity index is 656. The first-order chi connectivity index (χ1) is 9.81. The molecule has 21 heavy (non-hydrogen) atoms. The maximum atomic E-state index is 13.0. The molecule has 0 unspecified atom stereocenters. The highest BCUT2D eigenvalue weighted by molar-refractivity contribution is 6.30. The van der Waals surface area contributed by atoms with Crippen LogP contribution >= 0.6 is 11.6 Å². The van der Waals surface area contributed by atoms with E-state index in [1.165, 1.54) is 12.1 Å². The van der Waals surface area contributed by atoms with E-state index in [2.05, 4.69) is 0 Å². The van der Waals surface area contributed by atoms with Gasteiger partial charge >= 0.3 is 6.18 Å². The molecule has 0 fully saturated rings. The fourth-order valence-electron chi connectivity index (χ4n) is 1.92. The Morgan fingerprint density at radius 2 is 1.86 bits per heavy atom. The summed E-state index contributed by atoms with van der Waals surface area (Å²) in [5, 5.41) is 0.536. The average Bonchev–Trinajstić information content (AvgIpc) is 2.41. The Morgan fingerprint density at radius 3 is 2.43 bits per heavy atom. The minimum atomic E-state index is -4.47. The molecule has 2 rings (SSSR count). The quantitative estimate of drug-likeness (QED) is 0.872. The normalized spacial score (nSPS) is 11.5. The highest BCUT2D eigenvalue weighted by atomic mass is 35.5. The molecule has 0 aliphatic heterocycles. The molecule has 0 amide bonds. The van der Waals surface area contributed by atoms with E-state index in [9.17, 15) is 13.2 Å². The Morgan fingerprint density at radius 1 is 1.14 bits per heavy atom. The summed E-state index contributed by atoms with van der Waals surface area (Å²) in [6.07, 6.45) is -4.47. The van der Waals surface area contributed by atoms with Crippen LogP contribution in [0.1, 0.15) is 16.7 Å². The number of alkyl halides is 3. The van der Waals surface area contributed by atoms with Crippen LogP contribution in [-0.4, -0.2) is 0 Å². The van der Waals surface area contributed by atoms with E-state index in [1.807, 2.05) is 0 Å². The van der Waals surface area contributed by atoms with Gasteiger partial charge in [0.1, 0.15) is 11.5 Å². The number of halogens is 4. The third-order valence-corrected chi connectivity index (χ3v) is 3.21. The lowest BCUT2D eigenvalue weighted by Gasteiger charge is -2.15. The molecule has 0 saturated heterocycles. The zero-order valence-electron chi connectivity index (χ0n) is 11.2. The van der Waals surface area contributed by atoms with E-state index in [1.54, 1.807) is 25.1 Å². The minimum absolute atomic E-state index is 0.0303. The fraction of sp³-hybridized carbons (Fsp3) is 0.200. The Kier molecular flexibility index (Phi) is 4.44. The van der Waals surface area contributed by atoms with Crippen molar-refractivity contribution in [3.63, 3.8) is 0 Å². The molecule has 0 aliphatic carbocycles. The van der Waals surface area contributed by atoms with Crippen LogP contribution in [0.5, 0.6) is 11.5 Å². The van der Waals surface area contributed by atoms with Crippen molar-refractivity contribution in [3.8, 4) is 11.5 Å². The molecule has 0 atom stereocenters. The standard InChI is InChI=1S/C15H13ClF3NO/c1-9-6-11(16)3-5-14(9)21-12-4-2-10(8-20)13(7-12)15(17,18)19/h2-7H,8,20H2,1H3. The third kappa shape index (κ3) is 3.68. The molecule has 0 heterocycles. The van der Waals surface area contributed by atoms with Crippen LogP contribution < -0.4 is 10.5 Å². The van der Waals surface area contributed by atoms with Crippen molar-refractivity contribution < 1.29 is 17.9 Å². The van der Waals surface area contributed by atoms with Crippen molar-refractivity contribution in [3.05, 3.63) is 58.1 Å². The van der Waals surface area contributed by atoms with Gasteiger partial charge in [-0.25, -0.2) is 0 Å². The summed E-state index contributed by atoms with van der Waals surface area (Å²) in [5.41, 5.74) is 5.32. The predicted molar refractivity (Wildman–Crippen MR) is 75.6 cm³/mol. The summed E-state index contributed by atoms with van der Waals surface area (Å²) in [5.74, 6) is 0.554. The van der Waals surface area contributed by atoms with E-state index < -0.39 is 11.7 Å². The minimum Gasteiger partial charge on any atom is -0.457 e. The van der Waals surface area contributed by atoms with Crippen LogP contribution in [0.4, 0.5) is 13.2 Å². The molecular formula is C15H13ClF3NO. The monoisotopic (exact) mass is 315 g/mol. The van der Waals surface area contributed by atoms with Gasteiger partial charge in [-0.15, -0.1) is 0 Å². The predicted octanol–water partition coefficient (Wildman–Crippen LogP) is 4.92. The number of rotatable bonds is 3. The SMILES string of the molecule is Cc1cc(Cl)ccc1Oc1ccc(CN)c(C(F)(F)F)c1. The van der Waals surface area contributed by atoms with Crippen molar-refractivity contribution in [1.82, 2.24) is 0 Å².